The highest BCUT2D eigenvalue weighted by atomic mass is 19.1. The maximum absolute atomic E-state index is 12.6. The van der Waals surface area contributed by atoms with Gasteiger partial charge in [-0.3, -0.25) is 4.79 Å². The Labute approximate surface area is 69.2 Å². The Morgan fingerprint density at radius 2 is 2.00 bits per heavy atom. The van der Waals surface area contributed by atoms with Gasteiger partial charge in [0.15, 0.2) is 0 Å². The van der Waals surface area contributed by atoms with E-state index in [1.807, 2.05) is 5.32 Å². The minimum absolute atomic E-state index is 0. The second kappa shape index (κ2) is 4.43. The van der Waals surface area contributed by atoms with E-state index < -0.39 is 11.6 Å². The first-order chi connectivity index (χ1) is 5.24. The lowest BCUT2D eigenvalue weighted by molar-refractivity contribution is -0.105. The first kappa shape index (κ1) is 10.6. The van der Waals surface area contributed by atoms with Crippen molar-refractivity contribution in [2.75, 3.05) is 5.32 Å². The van der Waals surface area contributed by atoms with E-state index in [0.717, 1.165) is 18.2 Å². The molecule has 0 bridgehead atoms. The second-order valence-electron chi connectivity index (χ2n) is 1.89. The van der Waals surface area contributed by atoms with Gasteiger partial charge in [-0.2, -0.15) is 0 Å². The van der Waals surface area contributed by atoms with E-state index in [1.165, 1.54) is 0 Å². The van der Waals surface area contributed by atoms with Gasteiger partial charge >= 0.3 is 0 Å². The van der Waals surface area contributed by atoms with Crippen molar-refractivity contribution >= 4 is 12.1 Å². The highest BCUT2D eigenvalue weighted by Gasteiger charge is 2.00. The molecule has 0 heterocycles. The summed E-state index contributed by atoms with van der Waals surface area (Å²) >= 11 is 0. The molecule has 1 amide bonds. The number of halogens is 2. The molecule has 0 aromatic heterocycles. The molecule has 0 saturated heterocycles. The predicted octanol–water partition coefficient (Wildman–Crippen LogP) is 2.17. The van der Waals surface area contributed by atoms with Crippen molar-refractivity contribution in [2.45, 2.75) is 7.43 Å². The van der Waals surface area contributed by atoms with Gasteiger partial charge in [0.2, 0.25) is 6.41 Å². The summed E-state index contributed by atoms with van der Waals surface area (Å²) < 4.78 is 24.9. The summed E-state index contributed by atoms with van der Waals surface area (Å²) in [5, 5.41) is 2.02. The van der Waals surface area contributed by atoms with Crippen LogP contribution < -0.4 is 5.32 Å². The van der Waals surface area contributed by atoms with Crippen LogP contribution in [0, 0.1) is 11.6 Å². The maximum Gasteiger partial charge on any atom is 0.211 e. The quantitative estimate of drug-likeness (QED) is 0.682. The Kier molecular flexibility index (Phi) is 3.90. The molecule has 1 aromatic carbocycles. The molecule has 1 rings (SSSR count). The molecule has 0 aliphatic heterocycles. The summed E-state index contributed by atoms with van der Waals surface area (Å²) in [4.78, 5) is 9.84. The average molecular weight is 173 g/mol. The van der Waals surface area contributed by atoms with Crippen LogP contribution >= 0.6 is 0 Å². The maximum atomic E-state index is 12.6. The summed E-state index contributed by atoms with van der Waals surface area (Å²) in [6.45, 7) is 0. The zero-order valence-corrected chi connectivity index (χ0v) is 5.47. The Balaban J connectivity index is 0.00000121. The number of anilines is 1. The van der Waals surface area contributed by atoms with Gasteiger partial charge in [0.05, 0.1) is 5.69 Å². The number of hydrogen-bond acceptors (Lipinski definition) is 1. The molecule has 0 unspecified atom stereocenters. The molecule has 0 aliphatic rings. The fourth-order valence-electron chi connectivity index (χ4n) is 0.672. The van der Waals surface area contributed by atoms with Gasteiger partial charge in [0.1, 0.15) is 11.6 Å². The Morgan fingerprint density at radius 1 is 1.33 bits per heavy atom. The molecule has 0 saturated carbocycles. The van der Waals surface area contributed by atoms with E-state index in [9.17, 15) is 13.6 Å². The number of rotatable bonds is 2. The summed E-state index contributed by atoms with van der Waals surface area (Å²) in [6, 6.07) is 2.83. The Hall–Kier alpha value is -1.45. The largest absolute Gasteiger partial charge is 0.326 e. The van der Waals surface area contributed by atoms with Crippen LogP contribution in [0.25, 0.3) is 0 Å². The number of amides is 1. The highest BCUT2D eigenvalue weighted by Crippen LogP contribution is 2.13. The number of carbonyl (C=O) groups is 1. The third kappa shape index (κ3) is 2.30. The number of hydrogen-bond donors (Lipinski definition) is 1. The zero-order chi connectivity index (χ0) is 8.27. The molecule has 2 nitrogen and oxygen atoms in total. The average Bonchev–Trinajstić information content (AvgIpc) is 1.98. The van der Waals surface area contributed by atoms with Crippen LogP contribution in [0.5, 0.6) is 0 Å². The Morgan fingerprint density at radius 3 is 2.58 bits per heavy atom. The van der Waals surface area contributed by atoms with E-state index >= 15 is 0 Å². The van der Waals surface area contributed by atoms with E-state index in [4.69, 9.17) is 0 Å². The van der Waals surface area contributed by atoms with E-state index in [1.54, 1.807) is 0 Å². The van der Waals surface area contributed by atoms with Gasteiger partial charge in [-0.25, -0.2) is 8.78 Å². The molecule has 4 heteroatoms. The molecule has 0 aliphatic carbocycles. The van der Waals surface area contributed by atoms with Crippen molar-refractivity contribution in [1.82, 2.24) is 0 Å². The zero-order valence-electron chi connectivity index (χ0n) is 5.47. The summed E-state index contributed by atoms with van der Waals surface area (Å²) in [6.07, 6.45) is 0.290. The summed E-state index contributed by atoms with van der Waals surface area (Å²) in [7, 11) is 0. The van der Waals surface area contributed by atoms with Crippen LogP contribution in [0.3, 0.4) is 0 Å². The van der Waals surface area contributed by atoms with E-state index in [0.29, 0.717) is 0 Å². The molecule has 0 fully saturated rings. The number of benzene rings is 1. The minimum atomic E-state index is -0.654. The lowest BCUT2D eigenvalue weighted by Gasteiger charge is -1.98. The van der Waals surface area contributed by atoms with Crippen LogP contribution in [-0.4, -0.2) is 6.41 Å². The molecule has 0 atom stereocenters. The van der Waals surface area contributed by atoms with Crippen LogP contribution in [0.15, 0.2) is 18.2 Å². The molecule has 1 aromatic rings. The lowest BCUT2D eigenvalue weighted by Crippen LogP contribution is -1.97. The van der Waals surface area contributed by atoms with Crippen LogP contribution in [0.1, 0.15) is 7.43 Å². The van der Waals surface area contributed by atoms with Crippen LogP contribution in [0.2, 0.25) is 0 Å². The third-order valence-corrected chi connectivity index (χ3v) is 1.14. The van der Waals surface area contributed by atoms with Gasteiger partial charge in [-0.1, -0.05) is 7.43 Å². The molecular weight excluding hydrogens is 164 g/mol. The van der Waals surface area contributed by atoms with Gasteiger partial charge < -0.3 is 5.32 Å². The van der Waals surface area contributed by atoms with E-state index in [2.05, 4.69) is 0 Å². The fourth-order valence-corrected chi connectivity index (χ4v) is 0.672. The number of carbonyl (C=O) groups excluding carboxylic acids is 1. The third-order valence-electron chi connectivity index (χ3n) is 1.14. The molecule has 66 valence electrons. The Bertz CT molecular complexity index is 276. The fraction of sp³-hybridized carbons (Fsp3) is 0.125. The molecular formula is C8H9F2NO. The standard InChI is InChI=1S/C7H5F2NO.CH4/c8-5-1-2-6(9)7(3-5)10-4-11;/h1-4H,(H,10,11);1H4. The smallest absolute Gasteiger partial charge is 0.211 e. The van der Waals surface area contributed by atoms with Crippen LogP contribution in [-0.2, 0) is 4.79 Å². The van der Waals surface area contributed by atoms with E-state index in [-0.39, 0.29) is 19.5 Å². The van der Waals surface area contributed by atoms with Crippen molar-refractivity contribution in [3.8, 4) is 0 Å². The first-order valence-electron chi connectivity index (χ1n) is 2.89. The first-order valence-corrected chi connectivity index (χ1v) is 2.89. The van der Waals surface area contributed by atoms with Crippen molar-refractivity contribution in [2.24, 2.45) is 0 Å². The predicted molar refractivity (Wildman–Crippen MR) is 42.8 cm³/mol. The summed E-state index contributed by atoms with van der Waals surface area (Å²) in [5.41, 5.74) is -0.153. The topological polar surface area (TPSA) is 29.1 Å². The molecule has 0 spiro atoms. The van der Waals surface area contributed by atoms with Gasteiger partial charge in [0, 0.05) is 6.07 Å². The lowest BCUT2D eigenvalue weighted by atomic mass is 10.3. The van der Waals surface area contributed by atoms with Crippen molar-refractivity contribution in [3.63, 3.8) is 0 Å². The van der Waals surface area contributed by atoms with Crippen molar-refractivity contribution in [1.29, 1.82) is 0 Å². The SMILES string of the molecule is C.O=CNc1cc(F)ccc1F. The normalized spacial score (nSPS) is 8.50. The number of nitrogens with one attached hydrogen (secondary N) is 1. The van der Waals surface area contributed by atoms with Crippen molar-refractivity contribution < 1.29 is 13.6 Å². The summed E-state index contributed by atoms with van der Waals surface area (Å²) in [5.74, 6) is -1.24. The van der Waals surface area contributed by atoms with Crippen LogP contribution in [0.4, 0.5) is 14.5 Å². The van der Waals surface area contributed by atoms with Gasteiger partial charge in [0.25, 0.3) is 0 Å². The van der Waals surface area contributed by atoms with Gasteiger partial charge in [-0.05, 0) is 12.1 Å². The van der Waals surface area contributed by atoms with Crippen molar-refractivity contribution in [3.05, 3.63) is 29.8 Å². The molecule has 12 heavy (non-hydrogen) atoms. The molecule has 1 N–H and O–H groups in total. The highest BCUT2D eigenvalue weighted by molar-refractivity contribution is 5.71. The monoisotopic (exact) mass is 173 g/mol. The second-order valence-corrected chi connectivity index (χ2v) is 1.89. The minimum Gasteiger partial charge on any atom is -0.326 e. The molecule has 0 radical (unpaired) electrons. The van der Waals surface area contributed by atoms with Gasteiger partial charge in [-0.15, -0.1) is 0 Å².